The summed E-state index contributed by atoms with van der Waals surface area (Å²) in [7, 11) is 2.94. The van der Waals surface area contributed by atoms with E-state index in [1.807, 2.05) is 6.92 Å². The van der Waals surface area contributed by atoms with Crippen LogP contribution in [0.25, 0.3) is 0 Å². The molecular formula is C7H16N4O3. The fourth-order valence-electron chi connectivity index (χ4n) is 0.676. The van der Waals surface area contributed by atoms with Crippen molar-refractivity contribution in [3.63, 3.8) is 0 Å². The Balaban J connectivity index is 3.78. The molecule has 0 atom stereocenters. The average molecular weight is 204 g/mol. The number of nitrogens with one attached hydrogen (secondary N) is 2. The second-order valence-electron chi connectivity index (χ2n) is 2.74. The van der Waals surface area contributed by atoms with Crippen LogP contribution in [0.5, 0.6) is 0 Å². The zero-order chi connectivity index (χ0) is 11.1. The number of hydroxylamine groups is 3. The quantitative estimate of drug-likeness (QED) is 0.348. The lowest BCUT2D eigenvalue weighted by Gasteiger charge is -2.21. The number of amides is 1. The molecule has 0 radical (unpaired) electrons. The van der Waals surface area contributed by atoms with E-state index < -0.39 is 6.09 Å². The van der Waals surface area contributed by atoms with Crippen LogP contribution in [-0.2, 0) is 4.94 Å². The first-order valence-electron chi connectivity index (χ1n) is 4.18. The highest BCUT2D eigenvalue weighted by Crippen LogP contribution is 1.87. The van der Waals surface area contributed by atoms with Crippen molar-refractivity contribution in [1.29, 1.82) is 5.41 Å². The molecule has 0 aliphatic rings. The minimum atomic E-state index is -1.23. The van der Waals surface area contributed by atoms with E-state index in [9.17, 15) is 4.79 Å². The largest absolute Gasteiger partial charge is 0.463 e. The number of hydrogen-bond donors (Lipinski definition) is 3. The van der Waals surface area contributed by atoms with Gasteiger partial charge in [0, 0.05) is 20.6 Å². The summed E-state index contributed by atoms with van der Waals surface area (Å²) in [5, 5.41) is 16.4. The number of carbonyl (C=O) groups is 1. The molecule has 7 heteroatoms. The molecule has 0 fully saturated rings. The second-order valence-corrected chi connectivity index (χ2v) is 2.74. The van der Waals surface area contributed by atoms with E-state index >= 15 is 0 Å². The van der Waals surface area contributed by atoms with Gasteiger partial charge in [0.15, 0.2) is 0 Å². The van der Waals surface area contributed by atoms with Crippen molar-refractivity contribution in [2.75, 3.05) is 20.6 Å². The Kier molecular flexibility index (Phi) is 5.38. The van der Waals surface area contributed by atoms with Crippen LogP contribution in [0.4, 0.5) is 4.79 Å². The van der Waals surface area contributed by atoms with Gasteiger partial charge in [-0.1, -0.05) is 6.92 Å². The summed E-state index contributed by atoms with van der Waals surface area (Å²) in [5.74, 6) is 0.0138. The van der Waals surface area contributed by atoms with Gasteiger partial charge >= 0.3 is 6.09 Å². The molecule has 3 N–H and O–H groups in total. The normalized spacial score (nSPS) is 9.36. The Morgan fingerprint density at radius 2 is 2.14 bits per heavy atom. The number of nitrogens with zero attached hydrogens (tertiary/aromatic N) is 2. The Morgan fingerprint density at radius 3 is 2.57 bits per heavy atom. The van der Waals surface area contributed by atoms with Crippen molar-refractivity contribution in [1.82, 2.24) is 15.4 Å². The molecule has 0 aliphatic heterocycles. The topological polar surface area (TPSA) is 88.9 Å². The molecule has 0 aromatic heterocycles. The molecule has 0 bridgehead atoms. The zero-order valence-electron chi connectivity index (χ0n) is 8.57. The van der Waals surface area contributed by atoms with Gasteiger partial charge in [-0.05, 0) is 6.42 Å². The fraction of sp³-hybridized carbons (Fsp3) is 0.714. The summed E-state index contributed by atoms with van der Waals surface area (Å²) in [4.78, 5) is 16.4. The monoisotopic (exact) mass is 204 g/mol. The molecule has 0 spiro atoms. The third kappa shape index (κ3) is 4.51. The van der Waals surface area contributed by atoms with E-state index in [0.29, 0.717) is 11.6 Å². The number of carboxylic acid groups (broad SMARTS) is 1. The molecule has 0 aromatic carbocycles. The van der Waals surface area contributed by atoms with E-state index in [0.717, 1.165) is 6.42 Å². The van der Waals surface area contributed by atoms with Crippen LogP contribution in [0.2, 0.25) is 0 Å². The van der Waals surface area contributed by atoms with Crippen LogP contribution < -0.4 is 5.48 Å². The predicted molar refractivity (Wildman–Crippen MR) is 50.7 cm³/mol. The lowest BCUT2D eigenvalue weighted by molar-refractivity contribution is -0.148. The Morgan fingerprint density at radius 1 is 1.57 bits per heavy atom. The highest BCUT2D eigenvalue weighted by atomic mass is 16.8. The molecule has 0 saturated heterocycles. The third-order valence-corrected chi connectivity index (χ3v) is 1.49. The van der Waals surface area contributed by atoms with Gasteiger partial charge in [0.2, 0.25) is 5.96 Å². The second kappa shape index (κ2) is 6.03. The lowest BCUT2D eigenvalue weighted by atomic mass is 10.4. The first-order chi connectivity index (χ1) is 6.49. The summed E-state index contributed by atoms with van der Waals surface area (Å²) in [6.45, 7) is 2.68. The summed E-state index contributed by atoms with van der Waals surface area (Å²) in [5.41, 5.74) is 2.20. The Bertz CT molecular complexity index is 209. The van der Waals surface area contributed by atoms with E-state index in [1.165, 1.54) is 7.05 Å². The number of hydrogen-bond acceptors (Lipinski definition) is 3. The SMILES string of the molecule is CCCN(C)C(=N)NON(C)C(=O)O. The molecule has 0 aromatic rings. The van der Waals surface area contributed by atoms with Crippen LogP contribution in [0.1, 0.15) is 13.3 Å². The Hall–Kier alpha value is -1.50. The maximum atomic E-state index is 10.3. The minimum Gasteiger partial charge on any atom is -0.463 e. The molecule has 0 heterocycles. The highest BCUT2D eigenvalue weighted by Gasteiger charge is 2.08. The molecule has 82 valence electrons. The summed E-state index contributed by atoms with van der Waals surface area (Å²) < 4.78 is 0. The predicted octanol–water partition coefficient (Wildman–Crippen LogP) is 0.309. The zero-order valence-corrected chi connectivity index (χ0v) is 8.57. The van der Waals surface area contributed by atoms with Gasteiger partial charge in [-0.3, -0.25) is 5.41 Å². The summed E-state index contributed by atoms with van der Waals surface area (Å²) >= 11 is 0. The highest BCUT2D eigenvalue weighted by molar-refractivity contribution is 5.75. The van der Waals surface area contributed by atoms with Gasteiger partial charge < -0.3 is 10.0 Å². The van der Waals surface area contributed by atoms with E-state index in [1.54, 1.807) is 11.9 Å². The first-order valence-corrected chi connectivity index (χ1v) is 4.18. The molecule has 0 aliphatic carbocycles. The van der Waals surface area contributed by atoms with Crippen LogP contribution >= 0.6 is 0 Å². The van der Waals surface area contributed by atoms with Gasteiger partial charge in [0.05, 0.1) is 0 Å². The van der Waals surface area contributed by atoms with Gasteiger partial charge in [-0.2, -0.15) is 5.06 Å². The maximum absolute atomic E-state index is 10.3. The van der Waals surface area contributed by atoms with Crippen LogP contribution in [-0.4, -0.2) is 47.8 Å². The smallest absolute Gasteiger partial charge is 0.433 e. The molecule has 14 heavy (non-hydrogen) atoms. The van der Waals surface area contributed by atoms with Gasteiger partial charge in [-0.15, -0.1) is 4.94 Å². The first kappa shape index (κ1) is 12.5. The van der Waals surface area contributed by atoms with E-state index in [4.69, 9.17) is 10.5 Å². The molecule has 7 nitrogen and oxygen atoms in total. The van der Waals surface area contributed by atoms with Crippen molar-refractivity contribution in [2.24, 2.45) is 0 Å². The fourth-order valence-corrected chi connectivity index (χ4v) is 0.676. The van der Waals surface area contributed by atoms with Crippen molar-refractivity contribution in [2.45, 2.75) is 13.3 Å². The van der Waals surface area contributed by atoms with Gasteiger partial charge in [0.25, 0.3) is 0 Å². The molecule has 0 rings (SSSR count). The summed E-state index contributed by atoms with van der Waals surface area (Å²) in [6, 6.07) is 0. The molecule has 0 unspecified atom stereocenters. The minimum absolute atomic E-state index is 0.0138. The molecule has 1 amide bonds. The van der Waals surface area contributed by atoms with E-state index in [2.05, 4.69) is 10.4 Å². The van der Waals surface area contributed by atoms with Crippen LogP contribution in [0, 0.1) is 5.41 Å². The van der Waals surface area contributed by atoms with Crippen molar-refractivity contribution >= 4 is 12.1 Å². The molecule has 0 saturated carbocycles. The van der Waals surface area contributed by atoms with E-state index in [-0.39, 0.29) is 5.96 Å². The standard InChI is InChI=1S/C7H16N4O3/c1-4-5-10(2)6(8)9-14-11(3)7(12)13/h4-5H2,1-3H3,(H2,8,9)(H,12,13). The van der Waals surface area contributed by atoms with Crippen molar-refractivity contribution in [3.8, 4) is 0 Å². The number of guanidine groups is 1. The Labute approximate surface area is 82.7 Å². The lowest BCUT2D eigenvalue weighted by Crippen LogP contribution is -2.42. The van der Waals surface area contributed by atoms with Crippen LogP contribution in [0.3, 0.4) is 0 Å². The summed E-state index contributed by atoms with van der Waals surface area (Å²) in [6.07, 6.45) is -0.335. The van der Waals surface area contributed by atoms with Gasteiger partial charge in [-0.25, -0.2) is 10.3 Å². The van der Waals surface area contributed by atoms with Crippen molar-refractivity contribution < 1.29 is 14.8 Å². The maximum Gasteiger partial charge on any atom is 0.433 e. The van der Waals surface area contributed by atoms with Crippen LogP contribution in [0.15, 0.2) is 0 Å². The third-order valence-electron chi connectivity index (χ3n) is 1.49. The number of rotatable bonds is 4. The average Bonchev–Trinajstić information content (AvgIpc) is 2.13. The van der Waals surface area contributed by atoms with Crippen molar-refractivity contribution in [3.05, 3.63) is 0 Å². The van der Waals surface area contributed by atoms with Gasteiger partial charge in [0.1, 0.15) is 0 Å². The molecular weight excluding hydrogens is 188 g/mol.